The first-order valence-electron chi connectivity index (χ1n) is 9.99. The number of hydrogen-bond donors (Lipinski definition) is 1. The smallest absolute Gasteiger partial charge is 0.341 e. The van der Waals surface area contributed by atoms with Gasteiger partial charge in [-0.3, -0.25) is 4.79 Å². The summed E-state index contributed by atoms with van der Waals surface area (Å²) in [5.74, 6) is -0.0267. The molecule has 0 spiro atoms. The lowest BCUT2D eigenvalue weighted by Gasteiger charge is -2.15. The quantitative estimate of drug-likeness (QED) is 0.686. The normalized spacial score (nSPS) is 11.7. The summed E-state index contributed by atoms with van der Waals surface area (Å²) in [6, 6.07) is 4.96. The second-order valence-corrected chi connectivity index (χ2v) is 6.78. The Hall–Kier alpha value is -3.06. The summed E-state index contributed by atoms with van der Waals surface area (Å²) in [6.07, 6.45) is 5.04. The van der Waals surface area contributed by atoms with Crippen LogP contribution in [0.25, 0.3) is 17.3 Å². The van der Waals surface area contributed by atoms with Crippen molar-refractivity contribution in [3.8, 4) is 22.8 Å². The number of pyridine rings is 1. The van der Waals surface area contributed by atoms with Crippen LogP contribution in [-0.4, -0.2) is 42.6 Å². The standard InChI is InChI=1S/C20H21NO6.C3H8/c1-3-13-9-14-16-10-17(22)15(20(23)24)12-21(16)5-8-27-19(14)11-18(13)26-7-4-6-25-2;1-3-2/h3,9-12H,1,4-8H2,2H3,(H,23,24);3H2,1-2H3. The molecule has 0 saturated carbocycles. The fourth-order valence-corrected chi connectivity index (χ4v) is 2.97. The van der Waals surface area contributed by atoms with Gasteiger partial charge in [-0.15, -0.1) is 0 Å². The Kier molecular flexibility index (Phi) is 8.68. The number of ether oxygens (including phenoxy) is 3. The number of carboxylic acid groups (broad SMARTS) is 1. The molecule has 2 aromatic rings. The molecule has 0 fully saturated rings. The van der Waals surface area contributed by atoms with Gasteiger partial charge in [0.1, 0.15) is 23.7 Å². The highest BCUT2D eigenvalue weighted by molar-refractivity contribution is 5.88. The molecule has 30 heavy (non-hydrogen) atoms. The van der Waals surface area contributed by atoms with Crippen molar-refractivity contribution >= 4 is 12.0 Å². The average molecular weight is 415 g/mol. The lowest BCUT2D eigenvalue weighted by molar-refractivity contribution is 0.0694. The second-order valence-electron chi connectivity index (χ2n) is 6.78. The van der Waals surface area contributed by atoms with E-state index in [1.54, 1.807) is 23.8 Å². The van der Waals surface area contributed by atoms with E-state index in [2.05, 4.69) is 20.4 Å². The molecule has 3 rings (SSSR count). The van der Waals surface area contributed by atoms with E-state index in [0.717, 1.165) is 12.0 Å². The summed E-state index contributed by atoms with van der Waals surface area (Å²) in [6.45, 7) is 9.95. The van der Waals surface area contributed by atoms with E-state index in [9.17, 15) is 14.7 Å². The monoisotopic (exact) mass is 415 g/mol. The minimum Gasteiger partial charge on any atom is -0.493 e. The maximum atomic E-state index is 12.2. The maximum Gasteiger partial charge on any atom is 0.341 e. The zero-order chi connectivity index (χ0) is 22.1. The van der Waals surface area contributed by atoms with Gasteiger partial charge in [-0.05, 0) is 6.07 Å². The van der Waals surface area contributed by atoms with Crippen LogP contribution < -0.4 is 14.9 Å². The molecule has 1 aromatic heterocycles. The number of methoxy groups -OCH3 is 1. The van der Waals surface area contributed by atoms with Crippen LogP contribution in [0, 0.1) is 0 Å². The molecule has 1 aliphatic rings. The second kappa shape index (κ2) is 11.2. The zero-order valence-corrected chi connectivity index (χ0v) is 17.8. The minimum absolute atomic E-state index is 0.260. The van der Waals surface area contributed by atoms with E-state index in [1.807, 2.05) is 6.07 Å². The third-order valence-corrected chi connectivity index (χ3v) is 4.31. The molecule has 1 aromatic carbocycles. The van der Waals surface area contributed by atoms with Gasteiger partial charge in [0, 0.05) is 49.6 Å². The number of aromatic nitrogens is 1. The van der Waals surface area contributed by atoms with Gasteiger partial charge in [-0.1, -0.05) is 32.9 Å². The van der Waals surface area contributed by atoms with E-state index < -0.39 is 11.4 Å². The van der Waals surface area contributed by atoms with Gasteiger partial charge in [-0.2, -0.15) is 0 Å². The molecule has 7 heteroatoms. The van der Waals surface area contributed by atoms with Gasteiger partial charge in [0.05, 0.1) is 18.8 Å². The highest BCUT2D eigenvalue weighted by atomic mass is 16.5. The Bertz CT molecular complexity index is 947. The topological polar surface area (TPSA) is 87.0 Å². The lowest BCUT2D eigenvalue weighted by Crippen LogP contribution is -2.19. The number of rotatable bonds is 7. The summed E-state index contributed by atoms with van der Waals surface area (Å²) >= 11 is 0. The van der Waals surface area contributed by atoms with Crippen molar-refractivity contribution in [1.29, 1.82) is 0 Å². The third-order valence-electron chi connectivity index (χ3n) is 4.31. The van der Waals surface area contributed by atoms with E-state index in [-0.39, 0.29) is 5.56 Å². The molecule has 0 aliphatic carbocycles. The summed E-state index contributed by atoms with van der Waals surface area (Å²) in [5, 5.41) is 9.19. The van der Waals surface area contributed by atoms with Crippen LogP contribution in [0.2, 0.25) is 0 Å². The molecule has 0 radical (unpaired) electrons. The van der Waals surface area contributed by atoms with E-state index in [4.69, 9.17) is 14.2 Å². The van der Waals surface area contributed by atoms with Crippen molar-refractivity contribution in [3.63, 3.8) is 0 Å². The van der Waals surface area contributed by atoms with Gasteiger partial charge in [0.15, 0.2) is 5.43 Å². The molecule has 7 nitrogen and oxygen atoms in total. The van der Waals surface area contributed by atoms with Crippen molar-refractivity contribution < 1.29 is 24.1 Å². The summed E-state index contributed by atoms with van der Waals surface area (Å²) in [4.78, 5) is 23.4. The minimum atomic E-state index is -1.24. The summed E-state index contributed by atoms with van der Waals surface area (Å²) in [7, 11) is 1.64. The first-order valence-corrected chi connectivity index (χ1v) is 9.99. The lowest BCUT2D eigenvalue weighted by atomic mass is 10.0. The SMILES string of the molecule is C=Cc1cc2c(cc1OCCCOC)OCCn1cc(C(=O)O)c(=O)cc1-2.CCC. The number of carbonyl (C=O) groups is 1. The molecule has 1 N–H and O–H groups in total. The van der Waals surface area contributed by atoms with E-state index in [1.165, 1.54) is 18.7 Å². The number of benzene rings is 1. The molecule has 1 aliphatic heterocycles. The van der Waals surface area contributed by atoms with Gasteiger partial charge in [0.25, 0.3) is 0 Å². The van der Waals surface area contributed by atoms with Crippen molar-refractivity contribution in [2.24, 2.45) is 0 Å². The fourth-order valence-electron chi connectivity index (χ4n) is 2.97. The molecule has 0 atom stereocenters. The van der Waals surface area contributed by atoms with Crippen LogP contribution in [0.4, 0.5) is 0 Å². The van der Waals surface area contributed by atoms with Gasteiger partial charge in [0.2, 0.25) is 0 Å². The Morgan fingerprint density at radius 1 is 1.30 bits per heavy atom. The number of nitrogens with zero attached hydrogens (tertiary/aromatic N) is 1. The summed E-state index contributed by atoms with van der Waals surface area (Å²) in [5.41, 5.74) is 1.26. The van der Waals surface area contributed by atoms with Crippen LogP contribution in [0.15, 0.2) is 35.8 Å². The molecule has 0 bridgehead atoms. The van der Waals surface area contributed by atoms with Gasteiger partial charge < -0.3 is 23.9 Å². The zero-order valence-electron chi connectivity index (χ0n) is 17.8. The maximum absolute atomic E-state index is 12.2. The van der Waals surface area contributed by atoms with Gasteiger partial charge >= 0.3 is 5.97 Å². The largest absolute Gasteiger partial charge is 0.493 e. The first-order chi connectivity index (χ1) is 14.5. The van der Waals surface area contributed by atoms with Crippen LogP contribution in [0.1, 0.15) is 42.6 Å². The van der Waals surface area contributed by atoms with Crippen LogP contribution >= 0.6 is 0 Å². The molecule has 0 saturated heterocycles. The first kappa shape index (κ1) is 23.2. The van der Waals surface area contributed by atoms with Crippen molar-refractivity contribution in [2.75, 3.05) is 26.9 Å². The average Bonchev–Trinajstić information content (AvgIpc) is 2.89. The van der Waals surface area contributed by atoms with Gasteiger partial charge in [-0.25, -0.2) is 4.79 Å². The third kappa shape index (κ3) is 5.51. The Balaban J connectivity index is 0.00000101. The van der Waals surface area contributed by atoms with Crippen molar-refractivity contribution in [2.45, 2.75) is 33.2 Å². The Morgan fingerprint density at radius 2 is 2.03 bits per heavy atom. The predicted octanol–water partition coefficient (Wildman–Crippen LogP) is 4.08. The number of fused-ring (bicyclic) bond motifs is 3. The van der Waals surface area contributed by atoms with E-state index >= 15 is 0 Å². The fraction of sp³-hybridized carbons (Fsp3) is 0.391. The van der Waals surface area contributed by atoms with Crippen LogP contribution in [0.5, 0.6) is 11.5 Å². The van der Waals surface area contributed by atoms with Crippen LogP contribution in [0.3, 0.4) is 0 Å². The molecular weight excluding hydrogens is 386 g/mol. The number of aromatic carboxylic acids is 1. The molecule has 0 unspecified atom stereocenters. The summed E-state index contributed by atoms with van der Waals surface area (Å²) < 4.78 is 18.4. The molecular formula is C23H29NO6. The van der Waals surface area contributed by atoms with E-state index in [0.29, 0.717) is 49.1 Å². The Morgan fingerprint density at radius 3 is 2.67 bits per heavy atom. The molecule has 2 heterocycles. The van der Waals surface area contributed by atoms with Crippen molar-refractivity contribution in [3.05, 3.63) is 52.3 Å². The van der Waals surface area contributed by atoms with Crippen molar-refractivity contribution in [1.82, 2.24) is 4.57 Å². The number of carboxylic acids is 1. The highest BCUT2D eigenvalue weighted by Crippen LogP contribution is 2.38. The molecule has 162 valence electrons. The number of hydrogen-bond acceptors (Lipinski definition) is 5. The van der Waals surface area contributed by atoms with Crippen LogP contribution in [-0.2, 0) is 11.3 Å². The predicted molar refractivity (Wildman–Crippen MR) is 117 cm³/mol. The Labute approximate surface area is 176 Å². The highest BCUT2D eigenvalue weighted by Gasteiger charge is 2.21. The molecule has 0 amide bonds.